The van der Waals surface area contributed by atoms with Crippen LogP contribution in [0.4, 0.5) is 8.78 Å². The standard InChI is InChI=1S/C17H24F2N2O2/c1-12-10-21(11-13(2)23-12)8-7-20-17(22)6-4-14-3-5-15(18)16(19)9-14/h3,5,9,12-13H,4,6-8,10-11H2,1-2H3,(H,20,22)/t12-,13+. The summed E-state index contributed by atoms with van der Waals surface area (Å²) in [6, 6.07) is 3.73. The number of carbonyl (C=O) groups is 1. The molecule has 1 N–H and O–H groups in total. The summed E-state index contributed by atoms with van der Waals surface area (Å²) in [6.07, 6.45) is 1.08. The predicted octanol–water partition coefficient (Wildman–Crippen LogP) is 2.12. The molecule has 0 unspecified atom stereocenters. The van der Waals surface area contributed by atoms with E-state index in [1.165, 1.54) is 6.07 Å². The summed E-state index contributed by atoms with van der Waals surface area (Å²) in [7, 11) is 0. The highest BCUT2D eigenvalue weighted by atomic mass is 19.2. The Morgan fingerprint density at radius 2 is 1.96 bits per heavy atom. The molecule has 23 heavy (non-hydrogen) atoms. The molecule has 128 valence electrons. The van der Waals surface area contributed by atoms with Crippen molar-refractivity contribution in [2.24, 2.45) is 0 Å². The van der Waals surface area contributed by atoms with Gasteiger partial charge in [0.1, 0.15) is 0 Å². The van der Waals surface area contributed by atoms with Gasteiger partial charge in [-0.2, -0.15) is 0 Å². The molecule has 1 aromatic carbocycles. The molecule has 6 heteroatoms. The summed E-state index contributed by atoms with van der Waals surface area (Å²) in [6.45, 7) is 7.20. The Balaban J connectivity index is 1.66. The Morgan fingerprint density at radius 3 is 2.61 bits per heavy atom. The zero-order valence-electron chi connectivity index (χ0n) is 13.6. The number of ether oxygens (including phenoxy) is 1. The van der Waals surface area contributed by atoms with E-state index < -0.39 is 11.6 Å². The molecule has 0 radical (unpaired) electrons. The van der Waals surface area contributed by atoms with Crippen molar-refractivity contribution in [1.82, 2.24) is 10.2 Å². The number of morpholine rings is 1. The van der Waals surface area contributed by atoms with Gasteiger partial charge in [-0.1, -0.05) is 6.07 Å². The Bertz CT molecular complexity index is 529. The molecule has 1 aliphatic heterocycles. The van der Waals surface area contributed by atoms with Gasteiger partial charge in [0.05, 0.1) is 12.2 Å². The Kier molecular flexibility index (Phi) is 6.47. The Hall–Kier alpha value is -1.53. The average molecular weight is 326 g/mol. The molecule has 0 spiro atoms. The fourth-order valence-electron chi connectivity index (χ4n) is 2.86. The number of hydrogen-bond donors (Lipinski definition) is 1. The lowest BCUT2D eigenvalue weighted by Gasteiger charge is -2.35. The monoisotopic (exact) mass is 326 g/mol. The SMILES string of the molecule is C[C@@H]1CN(CCNC(=O)CCc2ccc(F)c(F)c2)C[C@H](C)O1. The number of halogens is 2. The zero-order chi connectivity index (χ0) is 16.8. The van der Waals surface area contributed by atoms with Crippen LogP contribution >= 0.6 is 0 Å². The number of rotatable bonds is 6. The van der Waals surface area contributed by atoms with Crippen LogP contribution in [0.25, 0.3) is 0 Å². The topological polar surface area (TPSA) is 41.6 Å². The molecule has 0 aromatic heterocycles. The van der Waals surface area contributed by atoms with Crippen molar-refractivity contribution in [2.45, 2.75) is 38.9 Å². The molecule has 1 heterocycles. The predicted molar refractivity (Wildman–Crippen MR) is 84.1 cm³/mol. The van der Waals surface area contributed by atoms with Crippen molar-refractivity contribution in [3.63, 3.8) is 0 Å². The number of amides is 1. The first kappa shape index (κ1) is 17.8. The molecule has 1 fully saturated rings. The lowest BCUT2D eigenvalue weighted by Crippen LogP contribution is -2.47. The van der Waals surface area contributed by atoms with E-state index in [1.807, 2.05) is 13.8 Å². The van der Waals surface area contributed by atoms with Crippen molar-refractivity contribution in [3.8, 4) is 0 Å². The van der Waals surface area contributed by atoms with Crippen LogP contribution < -0.4 is 5.32 Å². The number of carbonyl (C=O) groups excluding carboxylic acids is 1. The van der Waals surface area contributed by atoms with Gasteiger partial charge >= 0.3 is 0 Å². The lowest BCUT2D eigenvalue weighted by molar-refractivity contribution is -0.121. The van der Waals surface area contributed by atoms with E-state index in [1.54, 1.807) is 0 Å². The molecule has 0 aliphatic carbocycles. The summed E-state index contributed by atoms with van der Waals surface area (Å²) < 4.78 is 31.6. The normalized spacial score (nSPS) is 22.1. The summed E-state index contributed by atoms with van der Waals surface area (Å²) in [5, 5.41) is 2.87. The van der Waals surface area contributed by atoms with Gasteiger partial charge in [-0.3, -0.25) is 9.69 Å². The van der Waals surface area contributed by atoms with Crippen molar-refractivity contribution in [1.29, 1.82) is 0 Å². The van der Waals surface area contributed by atoms with E-state index in [0.717, 1.165) is 31.8 Å². The third kappa shape index (κ3) is 5.88. The van der Waals surface area contributed by atoms with Crippen molar-refractivity contribution < 1.29 is 18.3 Å². The van der Waals surface area contributed by atoms with Crippen LogP contribution in [0.15, 0.2) is 18.2 Å². The molecule has 1 aliphatic rings. The Morgan fingerprint density at radius 1 is 1.26 bits per heavy atom. The maximum absolute atomic E-state index is 13.1. The lowest BCUT2D eigenvalue weighted by atomic mass is 10.1. The largest absolute Gasteiger partial charge is 0.373 e. The number of aryl methyl sites for hydroxylation is 1. The van der Waals surface area contributed by atoms with E-state index in [-0.39, 0.29) is 24.5 Å². The minimum Gasteiger partial charge on any atom is -0.373 e. The molecular weight excluding hydrogens is 302 g/mol. The fraction of sp³-hybridized carbons (Fsp3) is 0.588. The summed E-state index contributed by atoms with van der Waals surface area (Å²) in [4.78, 5) is 14.1. The first-order valence-corrected chi connectivity index (χ1v) is 8.02. The number of nitrogens with zero attached hydrogens (tertiary/aromatic N) is 1. The highest BCUT2D eigenvalue weighted by Gasteiger charge is 2.21. The van der Waals surface area contributed by atoms with Crippen molar-refractivity contribution >= 4 is 5.91 Å². The van der Waals surface area contributed by atoms with Crippen LogP contribution in [-0.2, 0) is 16.0 Å². The van der Waals surface area contributed by atoms with Gasteiger partial charge in [0, 0.05) is 32.6 Å². The second-order valence-electron chi connectivity index (χ2n) is 6.12. The smallest absolute Gasteiger partial charge is 0.220 e. The van der Waals surface area contributed by atoms with Crippen LogP contribution in [0, 0.1) is 11.6 Å². The first-order valence-electron chi connectivity index (χ1n) is 8.02. The summed E-state index contributed by atoms with van der Waals surface area (Å²) in [5.41, 5.74) is 0.620. The number of nitrogens with one attached hydrogen (secondary N) is 1. The molecule has 0 bridgehead atoms. The van der Waals surface area contributed by atoms with Gasteiger partial charge in [-0.15, -0.1) is 0 Å². The summed E-state index contributed by atoms with van der Waals surface area (Å²) in [5.74, 6) is -1.82. The van der Waals surface area contributed by atoms with Gasteiger partial charge < -0.3 is 10.1 Å². The maximum Gasteiger partial charge on any atom is 0.220 e. The van der Waals surface area contributed by atoms with Crippen LogP contribution in [0.5, 0.6) is 0 Å². The molecule has 1 amide bonds. The van der Waals surface area contributed by atoms with Crippen molar-refractivity contribution in [2.75, 3.05) is 26.2 Å². The number of hydrogen-bond acceptors (Lipinski definition) is 3. The minimum absolute atomic E-state index is 0.0795. The maximum atomic E-state index is 13.1. The van der Waals surface area contributed by atoms with E-state index in [4.69, 9.17) is 4.74 Å². The number of benzene rings is 1. The Labute approximate surface area is 135 Å². The van der Waals surface area contributed by atoms with Gasteiger partial charge in [0.2, 0.25) is 5.91 Å². The van der Waals surface area contributed by atoms with Gasteiger partial charge in [0.15, 0.2) is 11.6 Å². The first-order chi connectivity index (χ1) is 10.9. The molecule has 4 nitrogen and oxygen atoms in total. The van der Waals surface area contributed by atoms with Crippen molar-refractivity contribution in [3.05, 3.63) is 35.4 Å². The fourth-order valence-corrected chi connectivity index (χ4v) is 2.86. The van der Waals surface area contributed by atoms with E-state index in [0.29, 0.717) is 18.5 Å². The second-order valence-corrected chi connectivity index (χ2v) is 6.12. The minimum atomic E-state index is -0.876. The van der Waals surface area contributed by atoms with Crippen LogP contribution in [0.2, 0.25) is 0 Å². The highest BCUT2D eigenvalue weighted by molar-refractivity contribution is 5.76. The molecule has 1 saturated heterocycles. The molecule has 2 rings (SSSR count). The van der Waals surface area contributed by atoms with E-state index >= 15 is 0 Å². The average Bonchev–Trinajstić information content (AvgIpc) is 2.47. The third-order valence-corrected chi connectivity index (χ3v) is 3.87. The second kappa shape index (κ2) is 8.36. The van der Waals surface area contributed by atoms with Gasteiger partial charge in [-0.05, 0) is 38.0 Å². The highest BCUT2D eigenvalue weighted by Crippen LogP contribution is 2.11. The quantitative estimate of drug-likeness (QED) is 0.871. The van der Waals surface area contributed by atoms with E-state index in [9.17, 15) is 13.6 Å². The van der Waals surface area contributed by atoms with Gasteiger partial charge in [0.25, 0.3) is 0 Å². The van der Waals surface area contributed by atoms with Crippen LogP contribution in [0.1, 0.15) is 25.8 Å². The molecule has 1 aromatic rings. The van der Waals surface area contributed by atoms with Crippen LogP contribution in [0.3, 0.4) is 0 Å². The molecule has 0 saturated carbocycles. The van der Waals surface area contributed by atoms with E-state index in [2.05, 4.69) is 10.2 Å². The molecular formula is C17H24F2N2O2. The zero-order valence-corrected chi connectivity index (χ0v) is 13.6. The van der Waals surface area contributed by atoms with Gasteiger partial charge in [-0.25, -0.2) is 8.78 Å². The third-order valence-electron chi connectivity index (χ3n) is 3.87. The molecule has 2 atom stereocenters. The summed E-state index contributed by atoms with van der Waals surface area (Å²) >= 11 is 0. The van der Waals surface area contributed by atoms with Crippen LogP contribution in [-0.4, -0.2) is 49.2 Å².